The van der Waals surface area contributed by atoms with Gasteiger partial charge in [0, 0.05) is 0 Å². The molecule has 0 atom stereocenters. The average molecular weight is 402 g/mol. The molecule has 30 heavy (non-hydrogen) atoms. The van der Waals surface area contributed by atoms with Crippen LogP contribution in [-0.4, -0.2) is 22.2 Å². The minimum absolute atomic E-state index is 0.204. The van der Waals surface area contributed by atoms with E-state index in [4.69, 9.17) is 0 Å². The van der Waals surface area contributed by atoms with Crippen molar-refractivity contribution in [2.24, 2.45) is 0 Å². The molecule has 4 nitrogen and oxygen atoms in total. The van der Waals surface area contributed by atoms with Gasteiger partial charge < -0.3 is 10.2 Å². The van der Waals surface area contributed by atoms with E-state index in [2.05, 4.69) is 26.8 Å². The first-order valence-electron chi connectivity index (χ1n) is 10.2. The Morgan fingerprint density at radius 3 is 1.87 bits per heavy atom. The fraction of sp³-hybridized carbons (Fsp3) is 0.231. The first-order chi connectivity index (χ1) is 14.3. The second-order valence-electron chi connectivity index (χ2n) is 7.71. The molecule has 2 N–H and O–H groups in total. The smallest absolute Gasteiger partial charge is 0.336 e. The highest BCUT2D eigenvalue weighted by Crippen LogP contribution is 2.41. The fourth-order valence-electron chi connectivity index (χ4n) is 3.85. The summed E-state index contributed by atoms with van der Waals surface area (Å²) in [6.07, 6.45) is 1.66. The van der Waals surface area contributed by atoms with Gasteiger partial charge in [0.25, 0.3) is 0 Å². The molecule has 0 amide bonds. The Morgan fingerprint density at radius 2 is 1.33 bits per heavy atom. The predicted octanol–water partition coefficient (Wildman–Crippen LogP) is 6.49. The largest absolute Gasteiger partial charge is 0.478 e. The summed E-state index contributed by atoms with van der Waals surface area (Å²) < 4.78 is 0. The number of hydrogen-bond acceptors (Lipinski definition) is 2. The van der Waals surface area contributed by atoms with Crippen molar-refractivity contribution < 1.29 is 19.8 Å². The maximum Gasteiger partial charge on any atom is 0.336 e. The van der Waals surface area contributed by atoms with Gasteiger partial charge in [0.2, 0.25) is 0 Å². The molecule has 0 aromatic heterocycles. The van der Waals surface area contributed by atoms with Crippen LogP contribution in [0.25, 0.3) is 22.3 Å². The lowest BCUT2D eigenvalue weighted by Crippen LogP contribution is -2.06. The van der Waals surface area contributed by atoms with Crippen LogP contribution < -0.4 is 0 Å². The van der Waals surface area contributed by atoms with E-state index in [1.54, 1.807) is 36.4 Å². The number of carbonyl (C=O) groups is 2. The van der Waals surface area contributed by atoms with Crippen LogP contribution in [0.1, 0.15) is 65.0 Å². The number of aromatic carboxylic acids is 2. The van der Waals surface area contributed by atoms with Crippen molar-refractivity contribution in [2.45, 2.75) is 39.5 Å². The van der Waals surface area contributed by atoms with E-state index >= 15 is 0 Å². The van der Waals surface area contributed by atoms with E-state index in [0.717, 1.165) is 35.1 Å². The van der Waals surface area contributed by atoms with E-state index in [1.807, 2.05) is 18.2 Å². The van der Waals surface area contributed by atoms with Crippen molar-refractivity contribution in [2.75, 3.05) is 0 Å². The molecule has 0 heterocycles. The Bertz CT molecular complexity index is 1100. The maximum absolute atomic E-state index is 12.0. The molecule has 3 aromatic carbocycles. The van der Waals surface area contributed by atoms with Crippen LogP contribution in [0.15, 0.2) is 60.7 Å². The Morgan fingerprint density at radius 1 is 0.800 bits per heavy atom. The molecule has 0 saturated carbocycles. The summed E-state index contributed by atoms with van der Waals surface area (Å²) in [7, 11) is 0. The van der Waals surface area contributed by atoms with Gasteiger partial charge in [-0.3, -0.25) is 0 Å². The summed E-state index contributed by atoms with van der Waals surface area (Å²) in [5.41, 5.74) is 5.32. The van der Waals surface area contributed by atoms with Crippen LogP contribution in [0.4, 0.5) is 0 Å². The Hall–Kier alpha value is -3.40. The summed E-state index contributed by atoms with van der Waals surface area (Å²) in [6.45, 7) is 6.28. The highest BCUT2D eigenvalue weighted by Gasteiger charge is 2.22. The summed E-state index contributed by atoms with van der Waals surface area (Å²) in [6, 6.07) is 18.0. The third-order valence-corrected chi connectivity index (χ3v) is 5.30. The van der Waals surface area contributed by atoms with Crippen LogP contribution in [0, 0.1) is 0 Å². The molecule has 0 aliphatic heterocycles. The van der Waals surface area contributed by atoms with E-state index in [-0.39, 0.29) is 17.0 Å². The second kappa shape index (κ2) is 8.95. The molecule has 3 aromatic rings. The molecule has 154 valence electrons. The van der Waals surface area contributed by atoms with Crippen LogP contribution in [0.2, 0.25) is 0 Å². The molecule has 0 unspecified atom stereocenters. The lowest BCUT2D eigenvalue weighted by Gasteiger charge is -2.21. The first-order valence-corrected chi connectivity index (χ1v) is 10.2. The summed E-state index contributed by atoms with van der Waals surface area (Å²) in [5.74, 6) is -1.76. The van der Waals surface area contributed by atoms with Gasteiger partial charge in [0.05, 0.1) is 11.1 Å². The molecule has 3 rings (SSSR count). The van der Waals surface area contributed by atoms with Crippen molar-refractivity contribution in [1.82, 2.24) is 0 Å². The minimum atomic E-state index is -1.00. The van der Waals surface area contributed by atoms with Gasteiger partial charge >= 0.3 is 11.9 Å². The molecular weight excluding hydrogens is 376 g/mol. The third-order valence-electron chi connectivity index (χ3n) is 5.30. The Balaban J connectivity index is 2.47. The van der Waals surface area contributed by atoms with Crippen LogP contribution in [0.3, 0.4) is 0 Å². The number of hydrogen-bond donors (Lipinski definition) is 2. The van der Waals surface area contributed by atoms with E-state index in [9.17, 15) is 19.8 Å². The monoisotopic (exact) mass is 402 g/mol. The summed E-state index contributed by atoms with van der Waals surface area (Å²) in [4.78, 5) is 23.9. The van der Waals surface area contributed by atoms with Gasteiger partial charge in [0.1, 0.15) is 0 Å². The molecule has 0 bridgehead atoms. The van der Waals surface area contributed by atoms with Crippen molar-refractivity contribution >= 4 is 11.9 Å². The number of carboxylic acid groups (broad SMARTS) is 2. The summed E-state index contributed by atoms with van der Waals surface area (Å²) in [5, 5.41) is 19.6. The van der Waals surface area contributed by atoms with Crippen molar-refractivity contribution in [3.8, 4) is 22.3 Å². The fourth-order valence-corrected chi connectivity index (χ4v) is 3.85. The van der Waals surface area contributed by atoms with Crippen LogP contribution in [-0.2, 0) is 6.42 Å². The van der Waals surface area contributed by atoms with Gasteiger partial charge in [0.15, 0.2) is 0 Å². The highest BCUT2D eigenvalue weighted by molar-refractivity contribution is 6.03. The molecule has 0 aliphatic carbocycles. The Kier molecular flexibility index (Phi) is 6.36. The highest BCUT2D eigenvalue weighted by atomic mass is 16.4. The number of carboxylic acids is 2. The first kappa shape index (κ1) is 21.3. The van der Waals surface area contributed by atoms with Gasteiger partial charge in [-0.1, -0.05) is 75.7 Å². The van der Waals surface area contributed by atoms with Gasteiger partial charge in [-0.2, -0.15) is 0 Å². The lowest BCUT2D eigenvalue weighted by atomic mass is 9.82. The number of aryl methyl sites for hydroxylation is 1. The SMILES string of the molecule is CCCc1cc(C(C)C)cc(-c2ccccc2C(=O)O)c1-c1ccccc1C(=O)O. The predicted molar refractivity (Wildman–Crippen MR) is 119 cm³/mol. The second-order valence-corrected chi connectivity index (χ2v) is 7.71. The minimum Gasteiger partial charge on any atom is -0.478 e. The molecule has 0 fully saturated rings. The zero-order valence-corrected chi connectivity index (χ0v) is 17.5. The topological polar surface area (TPSA) is 74.6 Å². The zero-order chi connectivity index (χ0) is 21.8. The third kappa shape index (κ3) is 4.13. The average Bonchev–Trinajstić information content (AvgIpc) is 2.73. The Labute approximate surface area is 176 Å². The number of rotatable bonds is 7. The summed E-state index contributed by atoms with van der Waals surface area (Å²) >= 11 is 0. The van der Waals surface area contributed by atoms with E-state index in [1.165, 1.54) is 0 Å². The van der Waals surface area contributed by atoms with Crippen LogP contribution >= 0.6 is 0 Å². The molecule has 0 aliphatic rings. The lowest BCUT2D eigenvalue weighted by molar-refractivity contribution is 0.0686. The van der Waals surface area contributed by atoms with Crippen molar-refractivity contribution in [1.29, 1.82) is 0 Å². The van der Waals surface area contributed by atoms with Crippen LogP contribution in [0.5, 0.6) is 0 Å². The van der Waals surface area contributed by atoms with Gasteiger partial charge in [-0.15, -0.1) is 0 Å². The maximum atomic E-state index is 12.0. The molecule has 0 radical (unpaired) electrons. The molecular formula is C26H26O4. The van der Waals surface area contributed by atoms with Crippen molar-refractivity contribution in [3.05, 3.63) is 82.9 Å². The van der Waals surface area contributed by atoms with Gasteiger partial charge in [-0.05, 0) is 57.9 Å². The normalized spacial score (nSPS) is 10.9. The van der Waals surface area contributed by atoms with E-state index < -0.39 is 11.9 Å². The molecule has 0 saturated heterocycles. The zero-order valence-electron chi connectivity index (χ0n) is 17.5. The quantitative estimate of drug-likeness (QED) is 0.473. The van der Waals surface area contributed by atoms with Gasteiger partial charge in [-0.25, -0.2) is 9.59 Å². The molecule has 0 spiro atoms. The number of benzene rings is 3. The van der Waals surface area contributed by atoms with E-state index in [0.29, 0.717) is 11.1 Å². The standard InChI is InChI=1S/C26H26O4/c1-4-9-17-14-18(16(2)3)15-23(19-10-5-7-12-21(19)25(27)28)24(17)20-11-6-8-13-22(20)26(29)30/h5-8,10-16H,4,9H2,1-3H3,(H,27,28)(H,29,30). The molecule has 4 heteroatoms. The van der Waals surface area contributed by atoms with Crippen molar-refractivity contribution in [3.63, 3.8) is 0 Å².